The van der Waals surface area contributed by atoms with Crippen LogP contribution in [0.4, 0.5) is 0 Å². The second kappa shape index (κ2) is 10.4. The topological polar surface area (TPSA) is 63.4 Å². The minimum absolute atomic E-state index is 0. The van der Waals surface area contributed by atoms with E-state index in [9.17, 15) is 0 Å². The largest absolute Gasteiger partial charge is 2.00 e. The summed E-state index contributed by atoms with van der Waals surface area (Å²) in [5.41, 5.74) is 0. The monoisotopic (exact) mass is 243 g/mol. The van der Waals surface area contributed by atoms with Crippen LogP contribution in [-0.4, -0.2) is 59.2 Å². The molecule has 0 unspecified atom stereocenters. The molecule has 0 aliphatic carbocycles. The maximum absolute atomic E-state index is 8.36. The molecule has 0 aromatic rings. The van der Waals surface area contributed by atoms with Gasteiger partial charge in [-0.2, -0.15) is 0 Å². The van der Waals surface area contributed by atoms with E-state index in [-0.39, 0.29) is 105 Å². The van der Waals surface area contributed by atoms with Gasteiger partial charge in [0.25, 0.3) is 5.09 Å². The molecular formula is H4BaKNO3. The van der Waals surface area contributed by atoms with Gasteiger partial charge in [0, 0.05) is 0 Å². The Balaban J connectivity index is -0.00000000450. The van der Waals surface area contributed by atoms with Gasteiger partial charge >= 0.3 is 100 Å². The molecule has 6 heteroatoms. The predicted molar refractivity (Wildman–Crippen MR) is 17.9 cm³/mol. The average molecular weight is 242 g/mol. The van der Waals surface area contributed by atoms with E-state index < -0.39 is 5.09 Å². The molecule has 0 saturated heterocycles. The maximum Gasteiger partial charge on any atom is 2.00 e. The Morgan fingerprint density at radius 1 is 1.83 bits per heavy atom. The third-order valence-electron chi connectivity index (χ3n) is 0. The van der Waals surface area contributed by atoms with Crippen molar-refractivity contribution < 1.29 is 66.0 Å². The number of hydrogen-bond acceptors (Lipinski definition) is 2. The third kappa shape index (κ3) is 32.3. The summed E-state index contributed by atoms with van der Waals surface area (Å²) >= 11 is 0. The third-order valence-corrected chi connectivity index (χ3v) is 0. The standard InChI is InChI=1S/Ba.K.HNO3.3H/c;;2-1(3)4;;;/h;;(H,2,3,4);;;/q+2;+1;;3*-1. The Morgan fingerprint density at radius 3 is 1.83 bits per heavy atom. The molecule has 0 bridgehead atoms. The van der Waals surface area contributed by atoms with Gasteiger partial charge in [0.15, 0.2) is 0 Å². The fourth-order valence-electron chi connectivity index (χ4n) is 0. The fourth-order valence-corrected chi connectivity index (χ4v) is 0. The first-order chi connectivity index (χ1) is 1.73. The van der Waals surface area contributed by atoms with Crippen LogP contribution in [0.1, 0.15) is 4.28 Å². The van der Waals surface area contributed by atoms with Crippen LogP contribution in [0.3, 0.4) is 0 Å². The molecule has 0 aromatic carbocycles. The van der Waals surface area contributed by atoms with Crippen LogP contribution in [0.2, 0.25) is 0 Å². The van der Waals surface area contributed by atoms with E-state index in [1.54, 1.807) is 0 Å². The van der Waals surface area contributed by atoms with E-state index in [2.05, 4.69) is 0 Å². The molecule has 0 aromatic heterocycles. The molecule has 0 spiro atoms. The first kappa shape index (κ1) is 15.8. The zero-order chi connectivity index (χ0) is 3.58. The molecule has 0 aliphatic heterocycles. The summed E-state index contributed by atoms with van der Waals surface area (Å²) in [5, 5.41) is 13.6. The van der Waals surface area contributed by atoms with Gasteiger partial charge in [-0.05, 0) is 0 Å². The molecule has 0 atom stereocenters. The van der Waals surface area contributed by atoms with E-state index in [0.717, 1.165) is 0 Å². The Morgan fingerprint density at radius 2 is 1.83 bits per heavy atom. The molecule has 0 fully saturated rings. The van der Waals surface area contributed by atoms with Gasteiger partial charge in [-0.25, -0.2) is 0 Å². The molecule has 0 saturated carbocycles. The van der Waals surface area contributed by atoms with E-state index >= 15 is 0 Å². The Labute approximate surface area is 122 Å². The Hall–Kier alpha value is 2.41. The summed E-state index contributed by atoms with van der Waals surface area (Å²) in [7, 11) is 0. The van der Waals surface area contributed by atoms with Crippen LogP contribution in [0.5, 0.6) is 0 Å². The molecule has 0 aliphatic rings. The molecule has 0 rings (SSSR count). The van der Waals surface area contributed by atoms with Crippen LogP contribution in [-0.2, 0) is 0 Å². The van der Waals surface area contributed by atoms with Crippen LogP contribution in [0.25, 0.3) is 0 Å². The van der Waals surface area contributed by atoms with Crippen molar-refractivity contribution in [3.63, 3.8) is 0 Å². The smallest absolute Gasteiger partial charge is 1.00 e. The van der Waals surface area contributed by atoms with Crippen molar-refractivity contribution in [3.05, 3.63) is 10.1 Å². The molecule has 0 heterocycles. The van der Waals surface area contributed by atoms with Gasteiger partial charge in [-0.3, -0.25) is 0 Å². The van der Waals surface area contributed by atoms with Crippen LogP contribution in [0, 0.1) is 10.1 Å². The molecule has 4 nitrogen and oxygen atoms in total. The normalized spacial score (nSPS) is 4.00. The zero-order valence-electron chi connectivity index (χ0n) is 6.42. The van der Waals surface area contributed by atoms with Gasteiger partial charge in [0.1, 0.15) is 0 Å². The summed E-state index contributed by atoms with van der Waals surface area (Å²) in [6.07, 6.45) is 0. The summed E-state index contributed by atoms with van der Waals surface area (Å²) in [6.45, 7) is 0. The van der Waals surface area contributed by atoms with Crippen molar-refractivity contribution in [1.82, 2.24) is 0 Å². The van der Waals surface area contributed by atoms with Crippen molar-refractivity contribution >= 4 is 48.9 Å². The summed E-state index contributed by atoms with van der Waals surface area (Å²) < 4.78 is 0. The second-order valence-corrected chi connectivity index (χ2v) is 0.238. The number of hydrogen-bond donors (Lipinski definition) is 1. The van der Waals surface area contributed by atoms with Gasteiger partial charge in [-0.15, -0.1) is 10.1 Å². The molecular weight excluding hydrogens is 238 g/mol. The van der Waals surface area contributed by atoms with Crippen molar-refractivity contribution in [1.29, 1.82) is 0 Å². The minimum Gasteiger partial charge on any atom is -1.00 e. The van der Waals surface area contributed by atoms with Gasteiger partial charge < -0.3 is 9.49 Å². The van der Waals surface area contributed by atoms with Gasteiger partial charge in [-0.1, -0.05) is 0 Å². The summed E-state index contributed by atoms with van der Waals surface area (Å²) in [6, 6.07) is 0. The van der Waals surface area contributed by atoms with E-state index in [4.69, 9.17) is 15.3 Å². The SMILES string of the molecule is O=[N+]([O-])O.[Ba+2].[H-].[H-].[H-].[K+]. The van der Waals surface area contributed by atoms with Gasteiger partial charge in [0.05, 0.1) is 0 Å². The molecule has 0 amide bonds. The quantitative estimate of drug-likeness (QED) is 0.274. The number of nitrogens with zero attached hydrogens (tertiary/aromatic N) is 1. The first-order valence-electron chi connectivity index (χ1n) is 0.565. The average Bonchev–Trinajstić information content (AvgIpc) is 0.811. The Kier molecular flexibility index (Phi) is 27.3. The van der Waals surface area contributed by atoms with Crippen LogP contribution < -0.4 is 51.4 Å². The first-order valence-corrected chi connectivity index (χ1v) is 0.565. The van der Waals surface area contributed by atoms with Crippen molar-refractivity contribution in [2.45, 2.75) is 0 Å². The van der Waals surface area contributed by atoms with E-state index in [1.165, 1.54) is 0 Å². The van der Waals surface area contributed by atoms with Crippen LogP contribution >= 0.6 is 0 Å². The predicted octanol–water partition coefficient (Wildman–Crippen LogP) is -3.39. The second-order valence-electron chi connectivity index (χ2n) is 0.238. The van der Waals surface area contributed by atoms with E-state index in [0.29, 0.717) is 0 Å². The van der Waals surface area contributed by atoms with Crippen molar-refractivity contribution in [2.24, 2.45) is 0 Å². The molecule has 1 N–H and O–H groups in total. The van der Waals surface area contributed by atoms with Crippen molar-refractivity contribution in [3.8, 4) is 0 Å². The minimum atomic E-state index is -1.50. The maximum atomic E-state index is 8.36. The van der Waals surface area contributed by atoms with Crippen molar-refractivity contribution in [2.75, 3.05) is 0 Å². The van der Waals surface area contributed by atoms with Crippen LogP contribution in [0.15, 0.2) is 0 Å². The van der Waals surface area contributed by atoms with Gasteiger partial charge in [0.2, 0.25) is 0 Å². The zero-order valence-corrected chi connectivity index (χ0v) is 11.0. The summed E-state index contributed by atoms with van der Waals surface area (Å²) in [5.74, 6) is 0. The molecule has 30 valence electrons. The van der Waals surface area contributed by atoms with E-state index in [1.807, 2.05) is 0 Å². The Bertz CT molecular complexity index is 42.0. The molecule has 6 heavy (non-hydrogen) atoms. The fraction of sp³-hybridized carbons (Fsp3) is 0. The number of rotatable bonds is 0. The summed E-state index contributed by atoms with van der Waals surface area (Å²) in [4.78, 5) is 8.36. The molecule has 0 radical (unpaired) electrons.